The molecule has 0 aliphatic heterocycles. The molecule has 0 aromatic heterocycles. The van der Waals surface area contributed by atoms with E-state index in [1.807, 2.05) is 0 Å². The zero-order chi connectivity index (χ0) is 37.8. The molecule has 52 heavy (non-hydrogen) atoms. The topological polar surface area (TPSA) is 63.6 Å². The van der Waals surface area contributed by atoms with Gasteiger partial charge in [-0.15, -0.1) is 0 Å². The zero-order valence-corrected chi connectivity index (χ0v) is 35.4. The lowest BCUT2D eigenvalue weighted by atomic mass is 9.33. The van der Waals surface area contributed by atoms with Gasteiger partial charge < -0.3 is 9.84 Å². The van der Waals surface area contributed by atoms with Crippen molar-refractivity contribution < 1.29 is 19.4 Å². The standard InChI is InChI=1S/C48H82O4/c1-9-10-11-12-13-14-15-16-17-18-19-20-21-22-23-24-41(51)52-35-44(4)29-30-45(5)31-32-47(7)36(37(45)34-44)33-38(49)42-46(6)27-26-40(50)43(2,3)39(46)25-28-48(42,47)8/h33,37,39-40,42,50H,9-32,34-35H2,1-8H3/t37-,39-,40+,42-,44+,45-,46+,47-,48-/m1/s1. The summed E-state index contributed by atoms with van der Waals surface area (Å²) in [6, 6.07) is 0. The van der Waals surface area contributed by atoms with Crippen LogP contribution in [-0.2, 0) is 14.3 Å². The van der Waals surface area contributed by atoms with Crippen LogP contribution in [-0.4, -0.2) is 29.6 Å². The molecule has 0 aromatic carbocycles. The minimum atomic E-state index is -0.288. The molecule has 5 aliphatic rings. The lowest BCUT2D eigenvalue weighted by molar-refractivity contribution is -0.202. The highest BCUT2D eigenvalue weighted by Crippen LogP contribution is 2.75. The van der Waals surface area contributed by atoms with E-state index in [4.69, 9.17) is 4.74 Å². The molecule has 298 valence electrons. The van der Waals surface area contributed by atoms with Crippen molar-refractivity contribution in [3.8, 4) is 0 Å². The summed E-state index contributed by atoms with van der Waals surface area (Å²) in [5.41, 5.74) is 1.24. The predicted molar refractivity (Wildman–Crippen MR) is 216 cm³/mol. The molecule has 9 atom stereocenters. The van der Waals surface area contributed by atoms with Gasteiger partial charge in [0.2, 0.25) is 0 Å². The summed E-state index contributed by atoms with van der Waals surface area (Å²) >= 11 is 0. The molecule has 4 heteroatoms. The predicted octanol–water partition coefficient (Wildman–Crippen LogP) is 13.1. The van der Waals surface area contributed by atoms with Crippen molar-refractivity contribution in [3.63, 3.8) is 0 Å². The largest absolute Gasteiger partial charge is 0.465 e. The Bertz CT molecular complexity index is 1250. The molecule has 0 bridgehead atoms. The Morgan fingerprint density at radius 3 is 1.88 bits per heavy atom. The van der Waals surface area contributed by atoms with Crippen LogP contribution in [0.1, 0.15) is 216 Å². The third kappa shape index (κ3) is 8.33. The van der Waals surface area contributed by atoms with Crippen molar-refractivity contribution in [1.29, 1.82) is 0 Å². The Morgan fingerprint density at radius 1 is 0.731 bits per heavy atom. The van der Waals surface area contributed by atoms with Crippen LogP contribution in [0.15, 0.2) is 11.6 Å². The average molecular weight is 723 g/mol. The molecule has 1 N–H and O–H groups in total. The highest BCUT2D eigenvalue weighted by Gasteiger charge is 2.70. The van der Waals surface area contributed by atoms with Gasteiger partial charge in [-0.05, 0) is 109 Å². The Morgan fingerprint density at radius 2 is 1.29 bits per heavy atom. The van der Waals surface area contributed by atoms with E-state index >= 15 is 0 Å². The van der Waals surface area contributed by atoms with Gasteiger partial charge in [-0.1, -0.05) is 151 Å². The highest BCUT2D eigenvalue weighted by molar-refractivity contribution is 5.95. The second-order valence-corrected chi connectivity index (χ2v) is 21.2. The van der Waals surface area contributed by atoms with Gasteiger partial charge in [0.25, 0.3) is 0 Å². The Balaban J connectivity index is 1.09. The minimum absolute atomic E-state index is 0.00752. The molecule has 0 spiro atoms. The lowest BCUT2D eigenvalue weighted by Crippen LogP contribution is -2.66. The van der Waals surface area contributed by atoms with Crippen molar-refractivity contribution in [2.24, 2.45) is 50.2 Å². The van der Waals surface area contributed by atoms with Crippen LogP contribution in [0.25, 0.3) is 0 Å². The van der Waals surface area contributed by atoms with E-state index in [1.54, 1.807) is 0 Å². The Kier molecular flexibility index (Phi) is 13.7. The fraction of sp³-hybridized carbons (Fsp3) is 0.917. The van der Waals surface area contributed by atoms with Gasteiger partial charge >= 0.3 is 5.97 Å². The molecular formula is C48H82O4. The van der Waals surface area contributed by atoms with Crippen LogP contribution in [0.4, 0.5) is 0 Å². The second-order valence-electron chi connectivity index (χ2n) is 21.2. The maximum Gasteiger partial charge on any atom is 0.305 e. The number of carbonyl (C=O) groups is 2. The van der Waals surface area contributed by atoms with E-state index in [2.05, 4.69) is 61.5 Å². The van der Waals surface area contributed by atoms with Crippen LogP contribution < -0.4 is 0 Å². The van der Waals surface area contributed by atoms with E-state index in [9.17, 15) is 14.7 Å². The average Bonchev–Trinajstić information content (AvgIpc) is 3.09. The first-order chi connectivity index (χ1) is 24.6. The molecule has 0 heterocycles. The summed E-state index contributed by atoms with van der Waals surface area (Å²) in [5.74, 6) is 1.07. The van der Waals surface area contributed by atoms with E-state index in [0.29, 0.717) is 30.6 Å². The molecule has 0 aromatic rings. The number of aliphatic hydroxyl groups excluding tert-OH is 1. The summed E-state index contributed by atoms with van der Waals surface area (Å²) in [6.07, 6.45) is 31.8. The number of unbranched alkanes of at least 4 members (excludes halogenated alkanes) is 14. The summed E-state index contributed by atoms with van der Waals surface area (Å²) < 4.78 is 6.06. The fourth-order valence-electron chi connectivity index (χ4n) is 13.3. The van der Waals surface area contributed by atoms with E-state index < -0.39 is 0 Å². The molecule has 4 saturated carbocycles. The number of fused-ring (bicyclic) bond motifs is 7. The highest BCUT2D eigenvalue weighted by atomic mass is 16.5. The number of ether oxygens (including phenoxy) is 1. The first kappa shape index (κ1) is 42.0. The smallest absolute Gasteiger partial charge is 0.305 e. The maximum atomic E-state index is 14.6. The van der Waals surface area contributed by atoms with Gasteiger partial charge in [0.1, 0.15) is 0 Å². The number of esters is 1. The lowest BCUT2D eigenvalue weighted by Gasteiger charge is -2.70. The van der Waals surface area contributed by atoms with Crippen molar-refractivity contribution >= 4 is 11.8 Å². The van der Waals surface area contributed by atoms with Crippen molar-refractivity contribution in [2.75, 3.05) is 6.61 Å². The number of ketones is 1. The van der Waals surface area contributed by atoms with Gasteiger partial charge in [-0.25, -0.2) is 0 Å². The fourth-order valence-corrected chi connectivity index (χ4v) is 13.3. The van der Waals surface area contributed by atoms with E-state index in [-0.39, 0.29) is 50.5 Å². The Labute approximate surface area is 320 Å². The quantitative estimate of drug-likeness (QED) is 0.113. The van der Waals surface area contributed by atoms with Crippen LogP contribution in [0.3, 0.4) is 0 Å². The monoisotopic (exact) mass is 723 g/mol. The van der Waals surface area contributed by atoms with E-state index in [1.165, 1.54) is 95.5 Å². The second kappa shape index (κ2) is 16.9. The number of carbonyl (C=O) groups excluding carboxylic acids is 2. The third-order valence-electron chi connectivity index (χ3n) is 17.2. The Hall–Kier alpha value is -1.16. The van der Waals surface area contributed by atoms with Crippen LogP contribution >= 0.6 is 0 Å². The molecule has 5 aliphatic carbocycles. The molecule has 0 saturated heterocycles. The molecule has 0 unspecified atom stereocenters. The number of hydrogen-bond acceptors (Lipinski definition) is 4. The van der Waals surface area contributed by atoms with Crippen LogP contribution in [0.2, 0.25) is 0 Å². The molecule has 0 radical (unpaired) electrons. The van der Waals surface area contributed by atoms with Crippen molar-refractivity contribution in [3.05, 3.63) is 11.6 Å². The zero-order valence-electron chi connectivity index (χ0n) is 35.4. The van der Waals surface area contributed by atoms with Crippen LogP contribution in [0, 0.1) is 50.2 Å². The summed E-state index contributed by atoms with van der Waals surface area (Å²) in [6.45, 7) is 19.5. The van der Waals surface area contributed by atoms with Gasteiger partial charge in [0.05, 0.1) is 12.7 Å². The van der Waals surface area contributed by atoms with Crippen LogP contribution in [0.5, 0.6) is 0 Å². The van der Waals surface area contributed by atoms with Crippen molar-refractivity contribution in [1.82, 2.24) is 0 Å². The number of allylic oxidation sites excluding steroid dienone is 2. The SMILES string of the molecule is CCCCCCCCCCCCCCCCCC(=O)OC[C@@]1(C)CC[C@]2(C)CC[C@]3(C)C(=CC(=O)[C@@H]4[C@@]5(C)CC[C@H](O)C(C)(C)[C@H]5CC[C@]43C)[C@H]2C1. The summed E-state index contributed by atoms with van der Waals surface area (Å²) in [4.78, 5) is 27.6. The first-order valence-corrected chi connectivity index (χ1v) is 22.7. The molecule has 5 rings (SSSR count). The molecule has 0 amide bonds. The van der Waals surface area contributed by atoms with Crippen molar-refractivity contribution in [2.45, 2.75) is 222 Å². The normalized spacial score (nSPS) is 39.5. The number of aliphatic hydroxyl groups is 1. The minimum Gasteiger partial charge on any atom is -0.465 e. The van der Waals surface area contributed by atoms with Gasteiger partial charge in [-0.3, -0.25) is 9.59 Å². The summed E-state index contributed by atoms with van der Waals surface area (Å²) in [7, 11) is 0. The van der Waals surface area contributed by atoms with Gasteiger partial charge in [0, 0.05) is 17.8 Å². The molecule has 4 fully saturated rings. The van der Waals surface area contributed by atoms with E-state index in [0.717, 1.165) is 64.2 Å². The number of rotatable bonds is 18. The first-order valence-electron chi connectivity index (χ1n) is 22.7. The number of hydrogen-bond donors (Lipinski definition) is 1. The van der Waals surface area contributed by atoms with Gasteiger partial charge in [-0.2, -0.15) is 0 Å². The molecular weight excluding hydrogens is 641 g/mol. The molecule has 4 nitrogen and oxygen atoms in total. The van der Waals surface area contributed by atoms with Gasteiger partial charge in [0.15, 0.2) is 5.78 Å². The summed E-state index contributed by atoms with van der Waals surface area (Å²) in [5, 5.41) is 11.0. The maximum absolute atomic E-state index is 14.6. The third-order valence-corrected chi connectivity index (χ3v) is 17.2.